The van der Waals surface area contributed by atoms with Gasteiger partial charge in [-0.1, -0.05) is 19.1 Å². The summed E-state index contributed by atoms with van der Waals surface area (Å²) < 4.78 is 11.0. The predicted molar refractivity (Wildman–Crippen MR) is 79.6 cm³/mol. The molecule has 0 saturated carbocycles. The molecule has 0 aliphatic heterocycles. The van der Waals surface area contributed by atoms with Crippen LogP contribution < -0.4 is 10.1 Å². The zero-order chi connectivity index (χ0) is 15.0. The van der Waals surface area contributed by atoms with Gasteiger partial charge in [0, 0.05) is 13.5 Å². The van der Waals surface area contributed by atoms with Gasteiger partial charge in [-0.2, -0.15) is 5.26 Å². The second-order valence-electron chi connectivity index (χ2n) is 5.19. The van der Waals surface area contributed by atoms with Crippen LogP contribution in [0.5, 0.6) is 5.75 Å². The van der Waals surface area contributed by atoms with E-state index in [1.165, 1.54) is 0 Å². The number of ether oxygens (including phenoxy) is 2. The Kier molecular flexibility index (Phi) is 6.50. The lowest BCUT2D eigenvalue weighted by molar-refractivity contribution is 0.175. The van der Waals surface area contributed by atoms with Crippen LogP contribution in [0.25, 0.3) is 0 Å². The molecule has 20 heavy (non-hydrogen) atoms. The second-order valence-corrected chi connectivity index (χ2v) is 5.19. The summed E-state index contributed by atoms with van der Waals surface area (Å²) >= 11 is 0. The first-order valence-corrected chi connectivity index (χ1v) is 6.94. The molecule has 1 aromatic carbocycles. The fraction of sp³-hybridized carbons (Fsp3) is 0.562. The lowest BCUT2D eigenvalue weighted by Gasteiger charge is -2.26. The molecule has 2 atom stereocenters. The van der Waals surface area contributed by atoms with Gasteiger partial charge in [0.1, 0.15) is 11.3 Å². The lowest BCUT2D eigenvalue weighted by atomic mass is 9.96. The van der Waals surface area contributed by atoms with E-state index < -0.39 is 5.54 Å². The molecule has 2 unspecified atom stereocenters. The van der Waals surface area contributed by atoms with Crippen molar-refractivity contribution >= 4 is 0 Å². The molecule has 0 saturated heterocycles. The van der Waals surface area contributed by atoms with Crippen molar-refractivity contribution in [3.8, 4) is 11.8 Å². The topological polar surface area (TPSA) is 54.3 Å². The molecule has 4 heteroatoms. The Hall–Kier alpha value is -1.57. The molecule has 0 aliphatic rings. The monoisotopic (exact) mass is 276 g/mol. The Morgan fingerprint density at radius 3 is 2.80 bits per heavy atom. The van der Waals surface area contributed by atoms with Crippen LogP contribution in [-0.4, -0.2) is 25.3 Å². The standard InChI is InChI=1S/C16H24N2O2/c1-5-18-16(3,12-17)10-13(2)20-15-8-6-7-14(9-15)11-19-4/h6-9,13,18H,5,10-11H2,1-4H3. The smallest absolute Gasteiger partial charge is 0.120 e. The van der Waals surface area contributed by atoms with Gasteiger partial charge in [-0.05, 0) is 38.1 Å². The molecule has 0 bridgehead atoms. The van der Waals surface area contributed by atoms with Crippen molar-refractivity contribution in [2.45, 2.75) is 45.4 Å². The van der Waals surface area contributed by atoms with Gasteiger partial charge in [0.05, 0.1) is 18.8 Å². The van der Waals surface area contributed by atoms with Crippen molar-refractivity contribution in [2.75, 3.05) is 13.7 Å². The third-order valence-corrected chi connectivity index (χ3v) is 3.06. The molecule has 1 rings (SSSR count). The maximum atomic E-state index is 9.26. The van der Waals surface area contributed by atoms with Gasteiger partial charge in [-0.15, -0.1) is 0 Å². The highest BCUT2D eigenvalue weighted by molar-refractivity contribution is 5.28. The number of methoxy groups -OCH3 is 1. The third kappa shape index (κ3) is 5.20. The highest BCUT2D eigenvalue weighted by atomic mass is 16.5. The molecule has 4 nitrogen and oxygen atoms in total. The number of benzene rings is 1. The van der Waals surface area contributed by atoms with E-state index in [4.69, 9.17) is 9.47 Å². The molecule has 1 N–H and O–H groups in total. The van der Waals surface area contributed by atoms with E-state index in [0.29, 0.717) is 13.0 Å². The zero-order valence-electron chi connectivity index (χ0n) is 12.8. The highest BCUT2D eigenvalue weighted by Gasteiger charge is 2.26. The molecular weight excluding hydrogens is 252 g/mol. The Morgan fingerprint density at radius 2 is 2.20 bits per heavy atom. The Bertz CT molecular complexity index is 456. The van der Waals surface area contributed by atoms with Crippen LogP contribution in [0, 0.1) is 11.3 Å². The van der Waals surface area contributed by atoms with E-state index in [2.05, 4.69) is 11.4 Å². The van der Waals surface area contributed by atoms with Crippen molar-refractivity contribution in [1.82, 2.24) is 5.32 Å². The van der Waals surface area contributed by atoms with Crippen LogP contribution in [0.3, 0.4) is 0 Å². The van der Waals surface area contributed by atoms with Gasteiger partial charge in [0.2, 0.25) is 0 Å². The van der Waals surface area contributed by atoms with Crippen LogP contribution in [0.4, 0.5) is 0 Å². The van der Waals surface area contributed by atoms with Crippen molar-refractivity contribution < 1.29 is 9.47 Å². The lowest BCUT2D eigenvalue weighted by Crippen LogP contribution is -2.44. The highest BCUT2D eigenvalue weighted by Crippen LogP contribution is 2.19. The maximum Gasteiger partial charge on any atom is 0.120 e. The van der Waals surface area contributed by atoms with Gasteiger partial charge < -0.3 is 9.47 Å². The molecule has 0 amide bonds. The number of nitrogens with zero attached hydrogens (tertiary/aromatic N) is 1. The number of nitriles is 1. The van der Waals surface area contributed by atoms with E-state index >= 15 is 0 Å². The fourth-order valence-electron chi connectivity index (χ4n) is 2.27. The SMILES string of the molecule is CCNC(C)(C#N)CC(C)Oc1cccc(COC)c1. The number of nitrogens with one attached hydrogen (secondary N) is 1. The first-order chi connectivity index (χ1) is 9.53. The van der Waals surface area contributed by atoms with Crippen molar-refractivity contribution in [1.29, 1.82) is 5.26 Å². The van der Waals surface area contributed by atoms with Crippen molar-refractivity contribution in [3.63, 3.8) is 0 Å². The van der Waals surface area contributed by atoms with Crippen LogP contribution >= 0.6 is 0 Å². The van der Waals surface area contributed by atoms with E-state index in [9.17, 15) is 5.26 Å². The molecule has 0 radical (unpaired) electrons. The van der Waals surface area contributed by atoms with E-state index in [-0.39, 0.29) is 6.10 Å². The quantitative estimate of drug-likeness (QED) is 0.793. The fourth-order valence-corrected chi connectivity index (χ4v) is 2.27. The van der Waals surface area contributed by atoms with Gasteiger partial charge in [0.25, 0.3) is 0 Å². The average Bonchev–Trinajstić information content (AvgIpc) is 2.39. The first kappa shape index (κ1) is 16.5. The third-order valence-electron chi connectivity index (χ3n) is 3.06. The minimum absolute atomic E-state index is 0.0449. The molecule has 0 fully saturated rings. The summed E-state index contributed by atoms with van der Waals surface area (Å²) in [7, 11) is 1.67. The Labute approximate surface area is 121 Å². The summed E-state index contributed by atoms with van der Waals surface area (Å²) in [5.74, 6) is 0.809. The second kappa shape index (κ2) is 7.88. The largest absolute Gasteiger partial charge is 0.491 e. The van der Waals surface area contributed by atoms with E-state index in [1.54, 1.807) is 7.11 Å². The summed E-state index contributed by atoms with van der Waals surface area (Å²) in [6.45, 7) is 7.21. The zero-order valence-corrected chi connectivity index (χ0v) is 12.8. The van der Waals surface area contributed by atoms with Crippen molar-refractivity contribution in [2.24, 2.45) is 0 Å². The molecule has 0 aromatic heterocycles. The maximum absolute atomic E-state index is 9.26. The van der Waals surface area contributed by atoms with Crippen LogP contribution in [0.2, 0.25) is 0 Å². The number of rotatable bonds is 8. The number of hydrogen-bond acceptors (Lipinski definition) is 4. The van der Waals surface area contributed by atoms with E-state index in [1.807, 2.05) is 45.0 Å². The summed E-state index contributed by atoms with van der Waals surface area (Å²) in [6, 6.07) is 10.2. The van der Waals surface area contributed by atoms with Gasteiger partial charge in [0.15, 0.2) is 0 Å². The van der Waals surface area contributed by atoms with Gasteiger partial charge in [-0.3, -0.25) is 5.32 Å². The van der Waals surface area contributed by atoms with Crippen LogP contribution in [0.15, 0.2) is 24.3 Å². The molecule has 110 valence electrons. The minimum atomic E-state index is -0.557. The van der Waals surface area contributed by atoms with Crippen LogP contribution in [0.1, 0.15) is 32.8 Å². The van der Waals surface area contributed by atoms with Gasteiger partial charge in [-0.25, -0.2) is 0 Å². The summed E-state index contributed by atoms with van der Waals surface area (Å²) in [5, 5.41) is 12.5. The summed E-state index contributed by atoms with van der Waals surface area (Å²) in [4.78, 5) is 0. The predicted octanol–water partition coefficient (Wildman–Crippen LogP) is 2.88. The normalized spacial score (nSPS) is 15.2. The summed E-state index contributed by atoms with van der Waals surface area (Å²) in [5.41, 5.74) is 0.519. The Balaban J connectivity index is 2.64. The molecule has 0 heterocycles. The molecular formula is C16H24N2O2. The first-order valence-electron chi connectivity index (χ1n) is 6.94. The Morgan fingerprint density at radius 1 is 1.45 bits per heavy atom. The molecule has 0 spiro atoms. The van der Waals surface area contributed by atoms with Gasteiger partial charge >= 0.3 is 0 Å². The van der Waals surface area contributed by atoms with Crippen molar-refractivity contribution in [3.05, 3.63) is 29.8 Å². The molecule has 0 aliphatic carbocycles. The van der Waals surface area contributed by atoms with Crippen LogP contribution in [-0.2, 0) is 11.3 Å². The summed E-state index contributed by atoms with van der Waals surface area (Å²) in [6.07, 6.45) is 0.586. The molecule has 1 aromatic rings. The van der Waals surface area contributed by atoms with E-state index in [0.717, 1.165) is 17.9 Å². The minimum Gasteiger partial charge on any atom is -0.491 e. The average molecular weight is 276 g/mol. The number of hydrogen-bond donors (Lipinski definition) is 1.